The van der Waals surface area contributed by atoms with E-state index in [9.17, 15) is 14.9 Å². The van der Waals surface area contributed by atoms with E-state index < -0.39 is 4.92 Å². The predicted octanol–water partition coefficient (Wildman–Crippen LogP) is 3.14. The first kappa shape index (κ1) is 15.9. The molecule has 0 aliphatic rings. The number of methoxy groups -OCH3 is 1. The molecule has 0 saturated heterocycles. The van der Waals surface area contributed by atoms with Gasteiger partial charge in [-0.25, -0.2) is 4.98 Å². The molecule has 8 heteroatoms. The summed E-state index contributed by atoms with van der Waals surface area (Å²) in [5.41, 5.74) is 0.999. The molecule has 1 N–H and O–H groups in total. The van der Waals surface area contributed by atoms with E-state index in [4.69, 9.17) is 4.74 Å². The second-order valence-corrected chi connectivity index (χ2v) is 6.01. The van der Waals surface area contributed by atoms with Crippen LogP contribution in [0.25, 0.3) is 10.2 Å². The van der Waals surface area contributed by atoms with E-state index in [0.717, 1.165) is 15.2 Å². The number of non-ortho nitro benzene ring substituents is 1. The highest BCUT2D eigenvalue weighted by Gasteiger charge is 2.17. The Kier molecular flexibility index (Phi) is 4.39. The number of aromatic nitrogens is 1. The highest BCUT2D eigenvalue weighted by molar-refractivity contribution is 7.18. The van der Waals surface area contributed by atoms with Crippen LogP contribution >= 0.6 is 11.3 Å². The van der Waals surface area contributed by atoms with Crippen molar-refractivity contribution in [2.75, 3.05) is 7.11 Å². The van der Waals surface area contributed by atoms with Crippen molar-refractivity contribution < 1.29 is 14.5 Å². The van der Waals surface area contributed by atoms with Gasteiger partial charge < -0.3 is 10.1 Å². The Morgan fingerprint density at radius 2 is 2.12 bits per heavy atom. The highest BCUT2D eigenvalue weighted by Crippen LogP contribution is 2.25. The predicted molar refractivity (Wildman–Crippen MR) is 90.4 cm³/mol. The van der Waals surface area contributed by atoms with Crippen LogP contribution in [0.3, 0.4) is 0 Å². The average Bonchev–Trinajstić information content (AvgIpc) is 3.02. The van der Waals surface area contributed by atoms with E-state index in [0.29, 0.717) is 0 Å². The van der Waals surface area contributed by atoms with Gasteiger partial charge in [0.15, 0.2) is 0 Å². The fraction of sp³-hybridized carbons (Fsp3) is 0.125. The van der Waals surface area contributed by atoms with Crippen molar-refractivity contribution in [1.29, 1.82) is 0 Å². The molecular formula is C16H13N3O4S. The molecule has 0 saturated carbocycles. The number of fused-ring (bicyclic) bond motifs is 1. The Balaban J connectivity index is 1.76. The highest BCUT2D eigenvalue weighted by atomic mass is 32.1. The normalized spacial score (nSPS) is 10.5. The minimum absolute atomic E-state index is 0.130. The Bertz CT molecular complexity index is 890. The van der Waals surface area contributed by atoms with Crippen LogP contribution in [0, 0.1) is 10.1 Å². The number of hydrogen-bond acceptors (Lipinski definition) is 6. The van der Waals surface area contributed by atoms with Gasteiger partial charge in [-0.05, 0) is 18.2 Å². The van der Waals surface area contributed by atoms with E-state index in [1.54, 1.807) is 0 Å². The molecule has 24 heavy (non-hydrogen) atoms. The van der Waals surface area contributed by atoms with Gasteiger partial charge in [-0.15, -0.1) is 11.3 Å². The van der Waals surface area contributed by atoms with Gasteiger partial charge in [-0.3, -0.25) is 14.9 Å². The van der Waals surface area contributed by atoms with Crippen molar-refractivity contribution in [1.82, 2.24) is 10.3 Å². The maximum Gasteiger partial charge on any atom is 0.273 e. The molecule has 0 radical (unpaired) electrons. The molecule has 7 nitrogen and oxygen atoms in total. The summed E-state index contributed by atoms with van der Waals surface area (Å²) < 4.78 is 6.13. The summed E-state index contributed by atoms with van der Waals surface area (Å²) in [5.74, 6) is -0.216. The first-order chi connectivity index (χ1) is 11.6. The molecule has 0 atom stereocenters. The number of nitrogens with one attached hydrogen (secondary N) is 1. The Morgan fingerprint density at radius 3 is 2.83 bits per heavy atom. The molecule has 0 spiro atoms. The average molecular weight is 343 g/mol. The second kappa shape index (κ2) is 6.63. The number of carbonyl (C=O) groups excluding carboxylic acids is 1. The number of carbonyl (C=O) groups is 1. The van der Waals surface area contributed by atoms with E-state index in [1.165, 1.54) is 36.6 Å². The number of rotatable bonds is 5. The molecule has 0 unspecified atom stereocenters. The molecule has 0 aliphatic carbocycles. The lowest BCUT2D eigenvalue weighted by molar-refractivity contribution is -0.384. The fourth-order valence-electron chi connectivity index (χ4n) is 2.23. The summed E-state index contributed by atoms with van der Waals surface area (Å²) in [6.07, 6.45) is 0. The third-order valence-corrected chi connectivity index (χ3v) is 4.42. The Morgan fingerprint density at radius 1 is 1.33 bits per heavy atom. The zero-order valence-electron chi connectivity index (χ0n) is 12.7. The lowest BCUT2D eigenvalue weighted by Gasteiger charge is -2.08. The summed E-state index contributed by atoms with van der Waals surface area (Å²) in [7, 11) is 1.36. The van der Waals surface area contributed by atoms with Gasteiger partial charge in [0.05, 0.1) is 40.4 Å². The van der Waals surface area contributed by atoms with Crippen molar-refractivity contribution in [2.24, 2.45) is 0 Å². The van der Waals surface area contributed by atoms with E-state index >= 15 is 0 Å². The maximum absolute atomic E-state index is 12.3. The number of nitrogens with zero attached hydrogens (tertiary/aromatic N) is 2. The Labute approximate surface area is 141 Å². The molecule has 122 valence electrons. The quantitative estimate of drug-likeness (QED) is 0.567. The SMILES string of the molecule is COc1cc([N+](=O)[O-])ccc1C(=O)NCc1nc2ccccc2s1. The monoisotopic (exact) mass is 343 g/mol. The fourth-order valence-corrected chi connectivity index (χ4v) is 3.13. The molecule has 1 heterocycles. The van der Waals surface area contributed by atoms with Gasteiger partial charge in [-0.2, -0.15) is 0 Å². The number of amides is 1. The summed E-state index contributed by atoms with van der Waals surface area (Å²) in [6, 6.07) is 11.6. The van der Waals surface area contributed by atoms with E-state index in [2.05, 4.69) is 10.3 Å². The van der Waals surface area contributed by atoms with Crippen molar-refractivity contribution in [2.45, 2.75) is 6.54 Å². The lowest BCUT2D eigenvalue weighted by Crippen LogP contribution is -2.23. The van der Waals surface area contributed by atoms with Crippen LogP contribution in [0.2, 0.25) is 0 Å². The van der Waals surface area contributed by atoms with Crippen LogP contribution < -0.4 is 10.1 Å². The lowest BCUT2D eigenvalue weighted by atomic mass is 10.1. The van der Waals surface area contributed by atoms with Gasteiger partial charge in [-0.1, -0.05) is 12.1 Å². The number of nitro benzene ring substituents is 1. The van der Waals surface area contributed by atoms with Gasteiger partial charge in [0.1, 0.15) is 10.8 Å². The first-order valence-corrected chi connectivity index (χ1v) is 7.85. The number of para-hydroxylation sites is 1. The van der Waals surface area contributed by atoms with Crippen molar-refractivity contribution >= 4 is 33.1 Å². The number of benzene rings is 2. The molecule has 1 amide bonds. The Hall–Kier alpha value is -3.00. The standard InChI is InChI=1S/C16H13N3O4S/c1-23-13-8-10(19(21)22)6-7-11(13)16(20)17-9-15-18-12-4-2-3-5-14(12)24-15/h2-8H,9H2,1H3,(H,17,20). The van der Waals surface area contributed by atoms with Gasteiger partial charge in [0.25, 0.3) is 11.6 Å². The summed E-state index contributed by atoms with van der Waals surface area (Å²) in [5, 5.41) is 14.3. The van der Waals surface area contributed by atoms with Gasteiger partial charge in [0.2, 0.25) is 0 Å². The zero-order chi connectivity index (χ0) is 17.1. The maximum atomic E-state index is 12.3. The third-order valence-electron chi connectivity index (χ3n) is 3.38. The van der Waals surface area contributed by atoms with Crippen LogP contribution in [0.1, 0.15) is 15.4 Å². The van der Waals surface area contributed by atoms with Crippen LogP contribution in [-0.2, 0) is 6.54 Å². The summed E-state index contributed by atoms with van der Waals surface area (Å²) in [6.45, 7) is 0.276. The van der Waals surface area contributed by atoms with Crippen LogP contribution in [0.15, 0.2) is 42.5 Å². The van der Waals surface area contributed by atoms with Crippen molar-refractivity contribution in [3.8, 4) is 5.75 Å². The van der Waals surface area contributed by atoms with Crippen molar-refractivity contribution in [3.63, 3.8) is 0 Å². The molecular weight excluding hydrogens is 330 g/mol. The second-order valence-electron chi connectivity index (χ2n) is 4.90. The van der Waals surface area contributed by atoms with Gasteiger partial charge in [0, 0.05) is 6.07 Å². The van der Waals surface area contributed by atoms with Crippen LogP contribution in [-0.4, -0.2) is 22.9 Å². The zero-order valence-corrected chi connectivity index (χ0v) is 13.5. The summed E-state index contributed by atoms with van der Waals surface area (Å²) in [4.78, 5) is 27.0. The number of nitro groups is 1. The minimum Gasteiger partial charge on any atom is -0.496 e. The van der Waals surface area contributed by atoms with Gasteiger partial charge >= 0.3 is 0 Å². The van der Waals surface area contributed by atoms with Crippen LogP contribution in [0.5, 0.6) is 5.75 Å². The molecule has 0 fully saturated rings. The molecule has 0 aliphatic heterocycles. The first-order valence-electron chi connectivity index (χ1n) is 7.03. The number of thiazole rings is 1. The third kappa shape index (κ3) is 3.18. The molecule has 1 aromatic heterocycles. The molecule has 3 rings (SSSR count). The largest absolute Gasteiger partial charge is 0.496 e. The van der Waals surface area contributed by atoms with Crippen molar-refractivity contribution in [3.05, 3.63) is 63.1 Å². The molecule has 0 bridgehead atoms. The topological polar surface area (TPSA) is 94.4 Å². The molecule has 3 aromatic rings. The van der Waals surface area contributed by atoms with E-state index in [-0.39, 0.29) is 29.5 Å². The number of ether oxygens (including phenoxy) is 1. The summed E-state index contributed by atoms with van der Waals surface area (Å²) >= 11 is 1.50. The van der Waals surface area contributed by atoms with E-state index in [1.807, 2.05) is 24.3 Å². The minimum atomic E-state index is -0.536. The van der Waals surface area contributed by atoms with Crippen LogP contribution in [0.4, 0.5) is 5.69 Å². The smallest absolute Gasteiger partial charge is 0.273 e. The molecule has 2 aromatic carbocycles. The number of hydrogen-bond donors (Lipinski definition) is 1.